The van der Waals surface area contributed by atoms with Gasteiger partial charge >= 0.3 is 0 Å². The Bertz CT molecular complexity index is 1140. The van der Waals surface area contributed by atoms with Crippen molar-refractivity contribution in [2.45, 2.75) is 12.8 Å². The van der Waals surface area contributed by atoms with E-state index in [0.29, 0.717) is 36.1 Å². The van der Waals surface area contributed by atoms with Crippen LogP contribution in [0.4, 0.5) is 10.3 Å². The number of methoxy groups -OCH3 is 2. The van der Waals surface area contributed by atoms with Gasteiger partial charge < -0.3 is 14.4 Å². The first-order chi connectivity index (χ1) is 16.5. The van der Waals surface area contributed by atoms with E-state index in [1.807, 2.05) is 12.1 Å². The molecule has 1 N–H and O–H groups in total. The highest BCUT2D eigenvalue weighted by Crippen LogP contribution is 2.31. The van der Waals surface area contributed by atoms with E-state index >= 15 is 0 Å². The van der Waals surface area contributed by atoms with Crippen molar-refractivity contribution in [3.05, 3.63) is 60.5 Å². The number of nitrogens with zero attached hydrogens (tertiary/aromatic N) is 3. The number of hydrogen-bond donors (Lipinski definition) is 1. The van der Waals surface area contributed by atoms with Crippen molar-refractivity contribution >= 4 is 17.8 Å². The quantitative estimate of drug-likeness (QED) is 0.494. The van der Waals surface area contributed by atoms with E-state index < -0.39 is 0 Å². The van der Waals surface area contributed by atoms with Gasteiger partial charge in [0.15, 0.2) is 0 Å². The smallest absolute Gasteiger partial charge is 0.246 e. The van der Waals surface area contributed by atoms with Crippen LogP contribution in [0.15, 0.2) is 54.7 Å². The van der Waals surface area contributed by atoms with Crippen LogP contribution in [0, 0.1) is 11.7 Å². The summed E-state index contributed by atoms with van der Waals surface area (Å²) in [6.45, 7) is 0.591. The van der Waals surface area contributed by atoms with Gasteiger partial charge in [-0.3, -0.25) is 19.5 Å². The van der Waals surface area contributed by atoms with Gasteiger partial charge in [0.05, 0.1) is 19.4 Å². The number of aromatic nitrogens is 2. The molecule has 4 rings (SSSR count). The summed E-state index contributed by atoms with van der Waals surface area (Å²) in [7, 11) is 3.14. The molecule has 9 heteroatoms. The number of imidazole rings is 1. The van der Waals surface area contributed by atoms with Crippen LogP contribution in [0.5, 0.6) is 5.75 Å². The lowest BCUT2D eigenvalue weighted by atomic mass is 10.2. The third-order valence-corrected chi connectivity index (χ3v) is 5.59. The lowest BCUT2D eigenvalue weighted by Crippen LogP contribution is -2.41. The maximum absolute atomic E-state index is 13.4. The SMILES string of the molecule is COCCN(CC(=O)Nc1nc(-c2ccc(F)cc2)cn1-c1ccc(OC)cc1)C(=O)C1CC1. The van der Waals surface area contributed by atoms with E-state index in [9.17, 15) is 14.0 Å². The molecule has 3 aromatic rings. The van der Waals surface area contributed by atoms with Gasteiger partial charge in [-0.05, 0) is 61.4 Å². The Morgan fingerprint density at radius 1 is 1.12 bits per heavy atom. The summed E-state index contributed by atoms with van der Waals surface area (Å²) < 4.78 is 25.5. The van der Waals surface area contributed by atoms with Crippen LogP contribution in [0.2, 0.25) is 0 Å². The molecule has 8 nitrogen and oxygen atoms in total. The second-order valence-electron chi connectivity index (χ2n) is 8.10. The highest BCUT2D eigenvalue weighted by Gasteiger charge is 2.34. The van der Waals surface area contributed by atoms with Crippen LogP contribution in [-0.2, 0) is 14.3 Å². The second-order valence-corrected chi connectivity index (χ2v) is 8.10. The molecule has 1 heterocycles. The monoisotopic (exact) mass is 466 g/mol. The number of amides is 2. The Hall–Kier alpha value is -3.72. The molecule has 178 valence electrons. The van der Waals surface area contributed by atoms with E-state index in [2.05, 4.69) is 10.3 Å². The molecular formula is C25H27FN4O4. The number of anilines is 1. The summed E-state index contributed by atoms with van der Waals surface area (Å²) in [4.78, 5) is 31.6. The minimum atomic E-state index is -0.365. The normalized spacial score (nSPS) is 12.9. The summed E-state index contributed by atoms with van der Waals surface area (Å²) in [5.41, 5.74) is 2.02. The third kappa shape index (κ3) is 5.60. The fourth-order valence-electron chi connectivity index (χ4n) is 3.56. The molecule has 0 radical (unpaired) electrons. The zero-order valence-electron chi connectivity index (χ0n) is 19.2. The number of ether oxygens (including phenoxy) is 2. The van der Waals surface area contributed by atoms with Crippen LogP contribution in [0.1, 0.15) is 12.8 Å². The molecule has 1 saturated carbocycles. The predicted octanol–water partition coefficient (Wildman–Crippen LogP) is 3.51. The Labute approximate surface area is 197 Å². The molecule has 0 atom stereocenters. The molecule has 0 unspecified atom stereocenters. The standard InChI is InChI=1S/C25H27FN4O4/c1-33-14-13-29(24(32)18-3-4-18)16-23(31)28-25-27-22(17-5-7-19(26)8-6-17)15-30(25)20-9-11-21(34-2)12-10-20/h5-12,15,18H,3-4,13-14,16H2,1-2H3,(H,27,28,31). The van der Waals surface area contributed by atoms with Gasteiger partial charge in [-0.2, -0.15) is 0 Å². The zero-order valence-corrected chi connectivity index (χ0v) is 19.2. The number of carbonyl (C=O) groups is 2. The van der Waals surface area contributed by atoms with Crippen molar-refractivity contribution in [2.24, 2.45) is 5.92 Å². The van der Waals surface area contributed by atoms with Gasteiger partial charge in [0.25, 0.3) is 0 Å². The van der Waals surface area contributed by atoms with Crippen molar-refractivity contribution in [1.29, 1.82) is 0 Å². The number of carbonyl (C=O) groups excluding carboxylic acids is 2. The molecule has 2 amide bonds. The Morgan fingerprint density at radius 2 is 1.82 bits per heavy atom. The van der Waals surface area contributed by atoms with E-state index in [0.717, 1.165) is 18.5 Å². The number of benzene rings is 2. The van der Waals surface area contributed by atoms with E-state index in [4.69, 9.17) is 9.47 Å². The predicted molar refractivity (Wildman–Crippen MR) is 125 cm³/mol. The first-order valence-corrected chi connectivity index (χ1v) is 11.1. The highest BCUT2D eigenvalue weighted by atomic mass is 19.1. The van der Waals surface area contributed by atoms with Crippen molar-refractivity contribution in [1.82, 2.24) is 14.5 Å². The molecule has 1 aliphatic rings. The van der Waals surface area contributed by atoms with E-state index in [1.54, 1.807) is 49.2 Å². The average Bonchev–Trinajstić information content (AvgIpc) is 3.62. The van der Waals surface area contributed by atoms with Gasteiger partial charge in [-0.25, -0.2) is 9.37 Å². The Morgan fingerprint density at radius 3 is 2.44 bits per heavy atom. The zero-order chi connectivity index (χ0) is 24.1. The second kappa shape index (κ2) is 10.5. The first-order valence-electron chi connectivity index (χ1n) is 11.1. The molecule has 1 fully saturated rings. The van der Waals surface area contributed by atoms with Crippen LogP contribution >= 0.6 is 0 Å². The number of rotatable bonds is 10. The molecule has 0 spiro atoms. The van der Waals surface area contributed by atoms with Crippen molar-refractivity contribution in [3.63, 3.8) is 0 Å². The minimum absolute atomic E-state index is 0.00368. The topological polar surface area (TPSA) is 85.7 Å². The van der Waals surface area contributed by atoms with Crippen LogP contribution in [0.25, 0.3) is 16.9 Å². The maximum atomic E-state index is 13.4. The number of hydrogen-bond acceptors (Lipinski definition) is 5. The lowest BCUT2D eigenvalue weighted by molar-refractivity contribution is -0.136. The molecule has 0 aliphatic heterocycles. The molecule has 0 bridgehead atoms. The molecule has 34 heavy (non-hydrogen) atoms. The Balaban J connectivity index is 1.59. The summed E-state index contributed by atoms with van der Waals surface area (Å²) in [5, 5.41) is 2.83. The van der Waals surface area contributed by atoms with Gasteiger partial charge in [-0.15, -0.1) is 0 Å². The third-order valence-electron chi connectivity index (χ3n) is 5.59. The first kappa shape index (κ1) is 23.4. The van der Waals surface area contributed by atoms with Crippen LogP contribution < -0.4 is 10.1 Å². The van der Waals surface area contributed by atoms with Gasteiger partial charge in [-0.1, -0.05) is 0 Å². The maximum Gasteiger partial charge on any atom is 0.246 e. The average molecular weight is 467 g/mol. The van der Waals surface area contributed by atoms with Gasteiger partial charge in [0.2, 0.25) is 17.8 Å². The number of halogens is 1. The fraction of sp³-hybridized carbons (Fsp3) is 0.320. The summed E-state index contributed by atoms with van der Waals surface area (Å²) in [6.07, 6.45) is 3.47. The van der Waals surface area contributed by atoms with E-state index in [1.165, 1.54) is 17.0 Å². The molecule has 2 aromatic carbocycles. The Kier molecular flexibility index (Phi) is 7.22. The summed E-state index contributed by atoms with van der Waals surface area (Å²) >= 11 is 0. The lowest BCUT2D eigenvalue weighted by Gasteiger charge is -2.21. The summed E-state index contributed by atoms with van der Waals surface area (Å²) in [5.74, 6) is 0.244. The summed E-state index contributed by atoms with van der Waals surface area (Å²) in [6, 6.07) is 13.3. The molecule has 1 aromatic heterocycles. The van der Waals surface area contributed by atoms with E-state index in [-0.39, 0.29) is 30.1 Å². The van der Waals surface area contributed by atoms with Gasteiger partial charge in [0.1, 0.15) is 18.1 Å². The highest BCUT2D eigenvalue weighted by molar-refractivity contribution is 5.94. The minimum Gasteiger partial charge on any atom is -0.497 e. The van der Waals surface area contributed by atoms with Crippen LogP contribution in [0.3, 0.4) is 0 Å². The van der Waals surface area contributed by atoms with Gasteiger partial charge in [0, 0.05) is 37.0 Å². The molecule has 0 saturated heterocycles. The van der Waals surface area contributed by atoms with Crippen molar-refractivity contribution in [2.75, 3.05) is 39.2 Å². The molecule has 1 aliphatic carbocycles. The van der Waals surface area contributed by atoms with Crippen LogP contribution in [-0.4, -0.2) is 60.2 Å². The van der Waals surface area contributed by atoms with Crippen molar-refractivity contribution < 1.29 is 23.5 Å². The molecular weight excluding hydrogens is 439 g/mol. The fourth-order valence-corrected chi connectivity index (χ4v) is 3.56. The number of nitrogens with one attached hydrogen (secondary N) is 1. The largest absolute Gasteiger partial charge is 0.497 e. The van der Waals surface area contributed by atoms with Crippen molar-refractivity contribution in [3.8, 4) is 22.7 Å².